The first-order valence-electron chi connectivity index (χ1n) is 11.7. The summed E-state index contributed by atoms with van der Waals surface area (Å²) < 4.78 is 36.0. The SMILES string of the molecule is Cc1ccc(S(=O)(=O)Cc2ccc(C(=O)OCC(=O)c3ccc(Oc4ccc([N+](=O)[O-])cc4)cc3)cc2)cc1. The summed E-state index contributed by atoms with van der Waals surface area (Å²) in [5.41, 5.74) is 1.90. The minimum atomic E-state index is -3.54. The maximum absolute atomic E-state index is 12.6. The molecule has 0 amide bonds. The highest BCUT2D eigenvalue weighted by Gasteiger charge is 2.17. The molecule has 0 aliphatic carbocycles. The highest BCUT2D eigenvalue weighted by Crippen LogP contribution is 2.24. The smallest absolute Gasteiger partial charge is 0.338 e. The third kappa shape index (κ3) is 7.14. The summed E-state index contributed by atoms with van der Waals surface area (Å²) in [5, 5.41) is 10.7. The molecule has 0 aliphatic rings. The van der Waals surface area contributed by atoms with Crippen LogP contribution in [-0.4, -0.2) is 31.7 Å². The Bertz CT molecular complexity index is 1590. The van der Waals surface area contributed by atoms with E-state index < -0.39 is 33.1 Å². The Morgan fingerprint density at radius 1 is 0.769 bits per heavy atom. The fourth-order valence-corrected chi connectivity index (χ4v) is 4.91. The lowest BCUT2D eigenvalue weighted by Gasteiger charge is -2.08. The van der Waals surface area contributed by atoms with Crippen molar-refractivity contribution in [3.63, 3.8) is 0 Å². The van der Waals surface area contributed by atoms with Gasteiger partial charge in [-0.2, -0.15) is 0 Å². The summed E-state index contributed by atoms with van der Waals surface area (Å²) in [6, 6.07) is 24.3. The van der Waals surface area contributed by atoms with Gasteiger partial charge in [0.15, 0.2) is 22.2 Å². The van der Waals surface area contributed by atoms with E-state index in [2.05, 4.69) is 0 Å². The molecule has 0 aliphatic heterocycles. The normalized spacial score (nSPS) is 11.0. The zero-order valence-corrected chi connectivity index (χ0v) is 21.6. The van der Waals surface area contributed by atoms with Gasteiger partial charge in [-0.3, -0.25) is 14.9 Å². The third-order valence-corrected chi connectivity index (χ3v) is 7.42. The number of carbonyl (C=O) groups excluding carboxylic acids is 2. The van der Waals surface area contributed by atoms with Crippen LogP contribution in [-0.2, 0) is 20.3 Å². The standard InChI is InChI=1S/C29H23NO8S/c1-20-2-16-27(17-3-20)39(35,36)19-21-4-6-23(7-5-21)29(32)37-18-28(31)22-8-12-25(13-9-22)38-26-14-10-24(11-15-26)30(33)34/h2-17H,18-19H2,1H3. The van der Waals surface area contributed by atoms with Crippen LogP contribution in [0, 0.1) is 17.0 Å². The largest absolute Gasteiger partial charge is 0.457 e. The molecular formula is C29H23NO8S. The molecule has 0 saturated heterocycles. The second kappa shape index (κ2) is 11.7. The molecule has 198 valence electrons. The van der Waals surface area contributed by atoms with Gasteiger partial charge in [0.1, 0.15) is 11.5 Å². The second-order valence-corrected chi connectivity index (χ2v) is 10.6. The van der Waals surface area contributed by atoms with Crippen LogP contribution in [0.1, 0.15) is 31.8 Å². The molecule has 0 aromatic heterocycles. The molecule has 4 aromatic carbocycles. The average Bonchev–Trinajstić information content (AvgIpc) is 2.92. The van der Waals surface area contributed by atoms with Gasteiger partial charge in [0.05, 0.1) is 21.1 Å². The van der Waals surface area contributed by atoms with E-state index in [0.717, 1.165) is 5.56 Å². The zero-order chi connectivity index (χ0) is 28.0. The van der Waals surface area contributed by atoms with Crippen molar-refractivity contribution in [1.82, 2.24) is 0 Å². The molecule has 4 rings (SSSR count). The van der Waals surface area contributed by atoms with E-state index in [9.17, 15) is 28.1 Å². The molecular weight excluding hydrogens is 522 g/mol. The summed E-state index contributed by atoms with van der Waals surface area (Å²) in [4.78, 5) is 35.3. The monoisotopic (exact) mass is 545 g/mol. The number of ether oxygens (including phenoxy) is 2. The first-order valence-corrected chi connectivity index (χ1v) is 13.4. The number of benzene rings is 4. The van der Waals surface area contributed by atoms with Gasteiger partial charge in [0.25, 0.3) is 5.69 Å². The number of nitrogens with zero attached hydrogens (tertiary/aromatic N) is 1. The molecule has 0 bridgehead atoms. The van der Waals surface area contributed by atoms with Gasteiger partial charge < -0.3 is 9.47 Å². The molecule has 0 unspecified atom stereocenters. The average molecular weight is 546 g/mol. The van der Waals surface area contributed by atoms with Crippen molar-refractivity contribution in [3.8, 4) is 11.5 Å². The highest BCUT2D eigenvalue weighted by atomic mass is 32.2. The van der Waals surface area contributed by atoms with E-state index in [1.165, 1.54) is 60.7 Å². The van der Waals surface area contributed by atoms with Crippen LogP contribution in [0.3, 0.4) is 0 Å². The number of rotatable bonds is 10. The van der Waals surface area contributed by atoms with E-state index in [-0.39, 0.29) is 21.9 Å². The van der Waals surface area contributed by atoms with E-state index in [4.69, 9.17) is 9.47 Å². The van der Waals surface area contributed by atoms with Crippen LogP contribution >= 0.6 is 0 Å². The maximum atomic E-state index is 12.6. The van der Waals surface area contributed by atoms with Gasteiger partial charge in [-0.15, -0.1) is 0 Å². The van der Waals surface area contributed by atoms with Crippen LogP contribution in [0.4, 0.5) is 5.69 Å². The first-order chi connectivity index (χ1) is 18.6. The van der Waals surface area contributed by atoms with Crippen LogP contribution in [0.2, 0.25) is 0 Å². The Hall–Kier alpha value is -4.83. The Morgan fingerprint density at radius 2 is 1.31 bits per heavy atom. The zero-order valence-electron chi connectivity index (χ0n) is 20.8. The van der Waals surface area contributed by atoms with Gasteiger partial charge in [-0.05, 0) is 73.2 Å². The number of esters is 1. The number of hydrogen-bond donors (Lipinski definition) is 0. The lowest BCUT2D eigenvalue weighted by molar-refractivity contribution is -0.384. The summed E-state index contributed by atoms with van der Waals surface area (Å²) in [5.74, 6) is -0.539. The van der Waals surface area contributed by atoms with Crippen molar-refractivity contribution in [2.24, 2.45) is 0 Å². The maximum Gasteiger partial charge on any atom is 0.338 e. The number of Topliss-reactive ketones (excluding diaryl/α,β-unsaturated/α-hetero) is 1. The molecule has 0 N–H and O–H groups in total. The topological polar surface area (TPSA) is 130 Å². The number of non-ortho nitro benzene ring substituents is 1. The van der Waals surface area contributed by atoms with Gasteiger partial charge in [0, 0.05) is 17.7 Å². The van der Waals surface area contributed by atoms with E-state index >= 15 is 0 Å². The number of sulfone groups is 1. The number of hydrogen-bond acceptors (Lipinski definition) is 8. The van der Waals surface area contributed by atoms with Crippen molar-refractivity contribution < 1.29 is 32.4 Å². The number of carbonyl (C=O) groups is 2. The van der Waals surface area contributed by atoms with E-state index in [1.54, 1.807) is 36.4 Å². The van der Waals surface area contributed by atoms with Crippen molar-refractivity contribution in [3.05, 3.63) is 129 Å². The van der Waals surface area contributed by atoms with Gasteiger partial charge >= 0.3 is 5.97 Å². The lowest BCUT2D eigenvalue weighted by atomic mass is 10.1. The molecule has 0 fully saturated rings. The fourth-order valence-electron chi connectivity index (χ4n) is 3.56. The fraction of sp³-hybridized carbons (Fsp3) is 0.103. The van der Waals surface area contributed by atoms with Crippen molar-refractivity contribution in [2.45, 2.75) is 17.6 Å². The molecule has 0 saturated carbocycles. The van der Waals surface area contributed by atoms with Gasteiger partial charge in [-0.25, -0.2) is 13.2 Å². The summed E-state index contributed by atoms with van der Waals surface area (Å²) in [6.45, 7) is 1.39. The van der Waals surface area contributed by atoms with Crippen LogP contribution < -0.4 is 4.74 Å². The van der Waals surface area contributed by atoms with Gasteiger partial charge in [0.2, 0.25) is 0 Å². The Morgan fingerprint density at radius 3 is 1.87 bits per heavy atom. The summed E-state index contributed by atoms with van der Waals surface area (Å²) in [7, 11) is -3.54. The minimum absolute atomic E-state index is 0.0557. The Balaban J connectivity index is 1.29. The third-order valence-electron chi connectivity index (χ3n) is 5.72. The van der Waals surface area contributed by atoms with Crippen LogP contribution in [0.5, 0.6) is 11.5 Å². The minimum Gasteiger partial charge on any atom is -0.457 e. The van der Waals surface area contributed by atoms with Crippen molar-refractivity contribution >= 4 is 27.3 Å². The number of nitro groups is 1. The van der Waals surface area contributed by atoms with Crippen molar-refractivity contribution in [1.29, 1.82) is 0 Å². The molecule has 0 atom stereocenters. The quantitative estimate of drug-likeness (QED) is 0.107. The Kier molecular flexibility index (Phi) is 8.16. The summed E-state index contributed by atoms with van der Waals surface area (Å²) >= 11 is 0. The van der Waals surface area contributed by atoms with Gasteiger partial charge in [-0.1, -0.05) is 29.8 Å². The molecule has 4 aromatic rings. The highest BCUT2D eigenvalue weighted by molar-refractivity contribution is 7.90. The number of aryl methyl sites for hydroxylation is 1. The molecule has 9 nitrogen and oxygen atoms in total. The first kappa shape index (κ1) is 27.2. The van der Waals surface area contributed by atoms with E-state index in [1.807, 2.05) is 6.92 Å². The van der Waals surface area contributed by atoms with Crippen LogP contribution in [0.25, 0.3) is 0 Å². The predicted molar refractivity (Wildman–Crippen MR) is 143 cm³/mol. The molecule has 39 heavy (non-hydrogen) atoms. The number of nitro benzene ring substituents is 1. The Labute approximate surface area is 224 Å². The summed E-state index contributed by atoms with van der Waals surface area (Å²) in [6.07, 6.45) is 0. The molecule has 0 radical (unpaired) electrons. The lowest BCUT2D eigenvalue weighted by Crippen LogP contribution is -2.14. The second-order valence-electron chi connectivity index (χ2n) is 8.65. The molecule has 10 heteroatoms. The van der Waals surface area contributed by atoms with E-state index in [0.29, 0.717) is 22.6 Å². The predicted octanol–water partition coefficient (Wildman–Crippen LogP) is 5.71. The van der Waals surface area contributed by atoms with Crippen molar-refractivity contribution in [2.75, 3.05) is 6.61 Å². The molecule has 0 spiro atoms. The number of ketones is 1. The van der Waals surface area contributed by atoms with Crippen LogP contribution in [0.15, 0.2) is 102 Å². The molecule has 0 heterocycles.